The Balaban J connectivity index is 1.42. The van der Waals surface area contributed by atoms with Crippen molar-refractivity contribution in [1.82, 2.24) is 9.13 Å². The van der Waals surface area contributed by atoms with Gasteiger partial charge in [0.05, 0.1) is 49.8 Å². The molecule has 0 amide bonds. The molecule has 0 aliphatic carbocycles. The number of nitriles is 1. The normalized spacial score (nSPS) is 11.9. The second-order valence-electron chi connectivity index (χ2n) is 10.5. The number of benzene rings is 6. The molecule has 4 heteroatoms. The number of thiophene rings is 1. The molecule has 0 saturated heterocycles. The third-order valence-electron chi connectivity index (χ3n) is 8.34. The molecule has 190 valence electrons. The van der Waals surface area contributed by atoms with Crippen LogP contribution in [0.3, 0.4) is 0 Å². The number of nitrogens with zero attached hydrogens (tertiary/aromatic N) is 3. The average molecular weight is 540 g/mol. The van der Waals surface area contributed by atoms with Crippen molar-refractivity contribution in [1.29, 1.82) is 5.26 Å². The van der Waals surface area contributed by atoms with Crippen LogP contribution in [0.15, 0.2) is 127 Å². The quantitative estimate of drug-likeness (QED) is 0.215. The van der Waals surface area contributed by atoms with E-state index in [-0.39, 0.29) is 0 Å². The van der Waals surface area contributed by atoms with E-state index >= 15 is 0 Å². The van der Waals surface area contributed by atoms with Crippen molar-refractivity contribution in [3.63, 3.8) is 0 Å². The van der Waals surface area contributed by atoms with Crippen molar-refractivity contribution in [2.45, 2.75) is 0 Å². The number of fused-ring (bicyclic) bond motifs is 9. The lowest BCUT2D eigenvalue weighted by Gasteiger charge is -2.11. The zero-order valence-corrected chi connectivity index (χ0v) is 22.7. The summed E-state index contributed by atoms with van der Waals surface area (Å²) in [6, 6.07) is 47.5. The fourth-order valence-corrected chi connectivity index (χ4v) is 7.89. The van der Waals surface area contributed by atoms with Crippen LogP contribution in [0, 0.1) is 11.3 Å². The van der Waals surface area contributed by atoms with E-state index in [0.717, 1.165) is 22.1 Å². The first-order valence-electron chi connectivity index (χ1n) is 13.7. The maximum Gasteiger partial charge on any atom is 0.0992 e. The van der Waals surface area contributed by atoms with Gasteiger partial charge in [0.1, 0.15) is 0 Å². The summed E-state index contributed by atoms with van der Waals surface area (Å²) >= 11 is 1.85. The van der Waals surface area contributed by atoms with Gasteiger partial charge in [-0.2, -0.15) is 5.26 Å². The van der Waals surface area contributed by atoms with Crippen LogP contribution in [0.25, 0.3) is 75.2 Å². The predicted molar refractivity (Wildman–Crippen MR) is 173 cm³/mol. The summed E-state index contributed by atoms with van der Waals surface area (Å²) < 4.78 is 7.27. The minimum Gasteiger partial charge on any atom is -0.309 e. The molecule has 3 heterocycles. The molecule has 9 aromatic rings. The zero-order valence-electron chi connectivity index (χ0n) is 21.9. The SMILES string of the molecule is N#Cc1ccc2c3ccccc3n(-c3cccc4sc5c(-n6c7ccccc7c7ccccc76)cccc5c34)c2c1. The van der Waals surface area contributed by atoms with Gasteiger partial charge in [0, 0.05) is 37.0 Å². The van der Waals surface area contributed by atoms with E-state index in [1.165, 1.54) is 53.1 Å². The van der Waals surface area contributed by atoms with Gasteiger partial charge >= 0.3 is 0 Å². The maximum atomic E-state index is 9.73. The Morgan fingerprint density at radius 3 is 1.68 bits per heavy atom. The molecule has 3 nitrogen and oxygen atoms in total. The highest BCUT2D eigenvalue weighted by atomic mass is 32.1. The van der Waals surface area contributed by atoms with Crippen LogP contribution >= 0.6 is 11.3 Å². The standard InChI is InChI=1S/C37H21N3S/c38-22-23-19-20-27-26-11-3-6-15-31(26)40(34(27)21-23)32-16-8-18-35-36(32)28-12-7-17-33(37(28)41-35)39-29-13-4-1-9-24(29)25-10-2-5-14-30(25)39/h1-21H. The lowest BCUT2D eigenvalue weighted by molar-refractivity contribution is 1.20. The molecule has 41 heavy (non-hydrogen) atoms. The van der Waals surface area contributed by atoms with Crippen LogP contribution in [-0.4, -0.2) is 9.13 Å². The second-order valence-corrected chi connectivity index (χ2v) is 11.5. The van der Waals surface area contributed by atoms with E-state index in [1.807, 2.05) is 23.5 Å². The Hall–Kier alpha value is -5.37. The molecular formula is C37H21N3S. The summed E-state index contributed by atoms with van der Waals surface area (Å²) in [4.78, 5) is 0. The molecule has 0 fully saturated rings. The summed E-state index contributed by atoms with van der Waals surface area (Å²) in [6.07, 6.45) is 0. The summed E-state index contributed by atoms with van der Waals surface area (Å²) in [5, 5.41) is 17.1. The lowest BCUT2D eigenvalue weighted by Crippen LogP contribution is -1.95. The van der Waals surface area contributed by atoms with Crippen LogP contribution in [-0.2, 0) is 0 Å². The Bertz CT molecular complexity index is 2500. The van der Waals surface area contributed by atoms with Crippen molar-refractivity contribution >= 4 is 75.1 Å². The third kappa shape index (κ3) is 3.01. The molecule has 0 aliphatic heterocycles. The first kappa shape index (κ1) is 22.4. The molecule has 0 spiro atoms. The van der Waals surface area contributed by atoms with Gasteiger partial charge in [0.2, 0.25) is 0 Å². The van der Waals surface area contributed by atoms with Crippen LogP contribution in [0.1, 0.15) is 5.56 Å². The van der Waals surface area contributed by atoms with E-state index in [0.29, 0.717) is 5.56 Å². The molecule has 3 aromatic heterocycles. The molecule has 0 saturated carbocycles. The van der Waals surface area contributed by atoms with Gasteiger partial charge in [-0.05, 0) is 48.5 Å². The molecule has 0 N–H and O–H groups in total. The van der Waals surface area contributed by atoms with Crippen molar-refractivity contribution in [3.05, 3.63) is 133 Å². The Morgan fingerprint density at radius 2 is 1.02 bits per heavy atom. The molecule has 0 atom stereocenters. The highest BCUT2D eigenvalue weighted by Gasteiger charge is 2.20. The number of hydrogen-bond acceptors (Lipinski definition) is 2. The van der Waals surface area contributed by atoms with E-state index < -0.39 is 0 Å². The molecule has 0 aliphatic rings. The zero-order chi connectivity index (χ0) is 27.1. The monoisotopic (exact) mass is 539 g/mol. The molecule has 0 bridgehead atoms. The third-order valence-corrected chi connectivity index (χ3v) is 9.54. The van der Waals surface area contributed by atoms with E-state index in [9.17, 15) is 5.26 Å². The van der Waals surface area contributed by atoms with Crippen molar-refractivity contribution in [3.8, 4) is 17.4 Å². The van der Waals surface area contributed by atoms with E-state index in [1.54, 1.807) is 0 Å². The smallest absolute Gasteiger partial charge is 0.0992 e. The van der Waals surface area contributed by atoms with Gasteiger partial charge in [-0.15, -0.1) is 11.3 Å². The van der Waals surface area contributed by atoms with Crippen LogP contribution in [0.4, 0.5) is 0 Å². The summed E-state index contributed by atoms with van der Waals surface area (Å²) in [5.74, 6) is 0. The Morgan fingerprint density at radius 1 is 0.488 bits per heavy atom. The predicted octanol–water partition coefficient (Wildman–Crippen LogP) is 10.1. The van der Waals surface area contributed by atoms with E-state index in [4.69, 9.17) is 0 Å². The Labute approximate surface area is 239 Å². The van der Waals surface area contributed by atoms with Gasteiger partial charge in [-0.1, -0.05) is 78.9 Å². The number of rotatable bonds is 2. The number of hydrogen-bond donors (Lipinski definition) is 0. The van der Waals surface area contributed by atoms with Gasteiger partial charge in [0.25, 0.3) is 0 Å². The van der Waals surface area contributed by atoms with Crippen LogP contribution in [0.2, 0.25) is 0 Å². The van der Waals surface area contributed by atoms with Gasteiger partial charge in [0.15, 0.2) is 0 Å². The van der Waals surface area contributed by atoms with Gasteiger partial charge in [-0.25, -0.2) is 0 Å². The maximum absolute atomic E-state index is 9.73. The first-order valence-corrected chi connectivity index (χ1v) is 14.5. The van der Waals surface area contributed by atoms with Crippen LogP contribution < -0.4 is 0 Å². The topological polar surface area (TPSA) is 33.6 Å². The fraction of sp³-hybridized carbons (Fsp3) is 0. The highest BCUT2D eigenvalue weighted by molar-refractivity contribution is 7.26. The van der Waals surface area contributed by atoms with Gasteiger partial charge in [-0.3, -0.25) is 0 Å². The lowest BCUT2D eigenvalue weighted by atomic mass is 10.1. The Kier molecular flexibility index (Phi) is 4.55. The highest BCUT2D eigenvalue weighted by Crippen LogP contribution is 2.44. The molecule has 0 unspecified atom stereocenters. The van der Waals surface area contributed by atoms with Gasteiger partial charge < -0.3 is 9.13 Å². The summed E-state index contributed by atoms with van der Waals surface area (Å²) in [5.41, 5.74) is 7.61. The minimum absolute atomic E-state index is 0.664. The molecular weight excluding hydrogens is 518 g/mol. The minimum atomic E-state index is 0.664. The molecule has 9 rings (SSSR count). The number of para-hydroxylation sites is 3. The molecule has 6 aromatic carbocycles. The van der Waals surface area contributed by atoms with Crippen molar-refractivity contribution < 1.29 is 0 Å². The van der Waals surface area contributed by atoms with Crippen molar-refractivity contribution in [2.75, 3.05) is 0 Å². The first-order chi connectivity index (χ1) is 20.3. The molecule has 0 radical (unpaired) electrons. The summed E-state index contributed by atoms with van der Waals surface area (Å²) in [7, 11) is 0. The number of aromatic nitrogens is 2. The van der Waals surface area contributed by atoms with Crippen molar-refractivity contribution in [2.24, 2.45) is 0 Å². The average Bonchev–Trinajstić information content (AvgIpc) is 3.68. The second kappa shape index (κ2) is 8.32. The summed E-state index contributed by atoms with van der Waals surface area (Å²) in [6.45, 7) is 0. The largest absolute Gasteiger partial charge is 0.309 e. The van der Waals surface area contributed by atoms with E-state index in [2.05, 4.69) is 130 Å². The van der Waals surface area contributed by atoms with Crippen LogP contribution in [0.5, 0.6) is 0 Å². The fourth-order valence-electron chi connectivity index (χ4n) is 6.66.